The second kappa shape index (κ2) is 7.29. The summed E-state index contributed by atoms with van der Waals surface area (Å²) in [5.41, 5.74) is 1.16. The number of nitrogens with one attached hydrogen (secondary N) is 1. The minimum atomic E-state index is 0.544. The quantitative estimate of drug-likeness (QED) is 0.795. The van der Waals surface area contributed by atoms with Crippen LogP contribution in [0.1, 0.15) is 17.4 Å². The van der Waals surface area contributed by atoms with E-state index >= 15 is 0 Å². The predicted molar refractivity (Wildman–Crippen MR) is 85.2 cm³/mol. The van der Waals surface area contributed by atoms with Crippen molar-refractivity contribution in [2.24, 2.45) is 0 Å². The van der Waals surface area contributed by atoms with E-state index < -0.39 is 0 Å². The first-order chi connectivity index (χ1) is 9.19. The van der Waals surface area contributed by atoms with Crippen LogP contribution in [-0.2, 0) is 13.2 Å². The molecule has 1 N–H and O–H groups in total. The third-order valence-electron chi connectivity index (χ3n) is 2.57. The van der Waals surface area contributed by atoms with E-state index in [9.17, 15) is 0 Å². The van der Waals surface area contributed by atoms with Gasteiger partial charge in [-0.15, -0.1) is 11.3 Å². The normalized spacial score (nSPS) is 10.7. The molecule has 0 fully saturated rings. The first-order valence-electron chi connectivity index (χ1n) is 6.05. The van der Waals surface area contributed by atoms with E-state index in [4.69, 9.17) is 16.3 Å². The molecular weight excluding hydrogens is 346 g/mol. The summed E-state index contributed by atoms with van der Waals surface area (Å²) < 4.78 is 6.84. The van der Waals surface area contributed by atoms with Crippen molar-refractivity contribution in [3.63, 3.8) is 0 Å². The Balaban J connectivity index is 1.96. The molecule has 2 rings (SSSR count). The number of benzene rings is 1. The van der Waals surface area contributed by atoms with Gasteiger partial charge in [-0.1, -0.05) is 24.6 Å². The highest BCUT2D eigenvalue weighted by Crippen LogP contribution is 2.28. The first-order valence-corrected chi connectivity index (χ1v) is 8.04. The molecule has 0 aliphatic heterocycles. The Labute approximate surface area is 130 Å². The van der Waals surface area contributed by atoms with E-state index in [-0.39, 0.29) is 0 Å². The summed E-state index contributed by atoms with van der Waals surface area (Å²) in [4.78, 5) is 1.17. The van der Waals surface area contributed by atoms with Crippen molar-refractivity contribution in [3.05, 3.63) is 49.6 Å². The Bertz CT molecular complexity index is 544. The summed E-state index contributed by atoms with van der Waals surface area (Å²) in [5.74, 6) is 0.728. The fourth-order valence-corrected chi connectivity index (χ4v) is 3.27. The molecule has 102 valence electrons. The molecule has 0 spiro atoms. The summed E-state index contributed by atoms with van der Waals surface area (Å²) in [6, 6.07) is 9.97. The van der Waals surface area contributed by atoms with Crippen LogP contribution < -0.4 is 10.1 Å². The van der Waals surface area contributed by atoms with Gasteiger partial charge in [0.2, 0.25) is 0 Å². The zero-order valence-corrected chi connectivity index (χ0v) is 13.7. The van der Waals surface area contributed by atoms with Crippen LogP contribution in [0.2, 0.25) is 5.02 Å². The molecule has 19 heavy (non-hydrogen) atoms. The molecule has 0 saturated heterocycles. The van der Waals surface area contributed by atoms with Crippen LogP contribution in [0.3, 0.4) is 0 Å². The van der Waals surface area contributed by atoms with Crippen molar-refractivity contribution < 1.29 is 4.74 Å². The third-order valence-corrected chi connectivity index (χ3v) is 4.47. The van der Waals surface area contributed by atoms with Crippen LogP contribution >= 0.6 is 38.9 Å². The number of hydrogen-bond donors (Lipinski definition) is 1. The molecule has 0 atom stereocenters. The van der Waals surface area contributed by atoms with Crippen LogP contribution in [0.4, 0.5) is 0 Å². The van der Waals surface area contributed by atoms with Gasteiger partial charge < -0.3 is 10.1 Å². The van der Waals surface area contributed by atoms with Gasteiger partial charge in [-0.25, -0.2) is 0 Å². The van der Waals surface area contributed by atoms with Crippen LogP contribution in [-0.4, -0.2) is 6.54 Å². The molecule has 0 radical (unpaired) electrons. The smallest absolute Gasteiger partial charge is 0.138 e. The highest BCUT2D eigenvalue weighted by molar-refractivity contribution is 9.11. The topological polar surface area (TPSA) is 21.3 Å². The number of ether oxygens (including phenoxy) is 1. The molecule has 0 aliphatic carbocycles. The zero-order chi connectivity index (χ0) is 13.7. The van der Waals surface area contributed by atoms with Crippen molar-refractivity contribution in [2.75, 3.05) is 6.54 Å². The summed E-state index contributed by atoms with van der Waals surface area (Å²) in [5, 5.41) is 3.93. The van der Waals surface area contributed by atoms with Gasteiger partial charge in [0, 0.05) is 11.4 Å². The van der Waals surface area contributed by atoms with Gasteiger partial charge in [-0.05, 0) is 52.3 Å². The standard InChI is InChI=1S/C14H15BrClNOS/c1-2-17-8-10-3-5-13(12(16)7-10)18-9-11-4-6-14(15)19-11/h3-7,17H,2,8-9H2,1H3. The van der Waals surface area contributed by atoms with Crippen molar-refractivity contribution in [2.45, 2.75) is 20.1 Å². The molecule has 0 bridgehead atoms. The minimum Gasteiger partial charge on any atom is -0.487 e. The molecule has 1 aromatic heterocycles. The van der Waals surface area contributed by atoms with Gasteiger partial charge in [0.25, 0.3) is 0 Å². The molecule has 2 aromatic rings. The Kier molecular flexibility index (Phi) is 5.70. The maximum atomic E-state index is 6.22. The molecule has 2 nitrogen and oxygen atoms in total. The maximum Gasteiger partial charge on any atom is 0.138 e. The van der Waals surface area contributed by atoms with Crippen molar-refractivity contribution in [1.29, 1.82) is 0 Å². The average molecular weight is 361 g/mol. The molecular formula is C14H15BrClNOS. The highest BCUT2D eigenvalue weighted by atomic mass is 79.9. The van der Waals surface area contributed by atoms with E-state index in [1.807, 2.05) is 30.3 Å². The number of rotatable bonds is 6. The van der Waals surface area contributed by atoms with Gasteiger partial charge in [0.05, 0.1) is 8.81 Å². The van der Waals surface area contributed by atoms with E-state index in [1.54, 1.807) is 11.3 Å². The zero-order valence-electron chi connectivity index (χ0n) is 10.6. The van der Waals surface area contributed by atoms with Gasteiger partial charge in [0.1, 0.15) is 12.4 Å². The summed E-state index contributed by atoms with van der Waals surface area (Å²) >= 11 is 11.3. The minimum absolute atomic E-state index is 0.544. The second-order valence-electron chi connectivity index (χ2n) is 4.04. The van der Waals surface area contributed by atoms with Gasteiger partial charge in [-0.2, -0.15) is 0 Å². The fourth-order valence-electron chi connectivity index (χ4n) is 1.62. The van der Waals surface area contributed by atoms with E-state index in [0.717, 1.165) is 28.2 Å². The largest absolute Gasteiger partial charge is 0.487 e. The Morgan fingerprint density at radius 2 is 2.16 bits per heavy atom. The van der Waals surface area contributed by atoms with Crippen LogP contribution in [0.15, 0.2) is 34.1 Å². The lowest BCUT2D eigenvalue weighted by Gasteiger charge is -2.09. The molecule has 0 saturated carbocycles. The highest BCUT2D eigenvalue weighted by Gasteiger charge is 2.05. The summed E-state index contributed by atoms with van der Waals surface area (Å²) in [6.45, 7) is 4.40. The van der Waals surface area contributed by atoms with Gasteiger partial charge in [-0.3, -0.25) is 0 Å². The predicted octanol–water partition coefficient (Wildman–Crippen LogP) is 4.85. The van der Waals surface area contributed by atoms with Gasteiger partial charge in [0.15, 0.2) is 0 Å². The monoisotopic (exact) mass is 359 g/mol. The van der Waals surface area contributed by atoms with Crippen LogP contribution in [0, 0.1) is 0 Å². The van der Waals surface area contributed by atoms with E-state index in [1.165, 1.54) is 4.88 Å². The van der Waals surface area contributed by atoms with Crippen molar-refractivity contribution in [3.8, 4) is 5.75 Å². The third kappa shape index (κ3) is 4.49. The average Bonchev–Trinajstić information content (AvgIpc) is 2.81. The summed E-state index contributed by atoms with van der Waals surface area (Å²) in [7, 11) is 0. The molecule has 5 heteroatoms. The van der Waals surface area contributed by atoms with Crippen LogP contribution in [0.25, 0.3) is 0 Å². The Morgan fingerprint density at radius 1 is 1.32 bits per heavy atom. The van der Waals surface area contributed by atoms with E-state index in [2.05, 4.69) is 28.2 Å². The summed E-state index contributed by atoms with van der Waals surface area (Å²) in [6.07, 6.45) is 0. The maximum absolute atomic E-state index is 6.22. The van der Waals surface area contributed by atoms with E-state index in [0.29, 0.717) is 11.6 Å². The molecule has 0 aliphatic rings. The van der Waals surface area contributed by atoms with Crippen LogP contribution in [0.5, 0.6) is 5.75 Å². The fraction of sp³-hybridized carbons (Fsp3) is 0.286. The number of halogens is 2. The Hall–Kier alpha value is -0.550. The lowest BCUT2D eigenvalue weighted by Crippen LogP contribution is -2.11. The molecule has 0 amide bonds. The first kappa shape index (κ1) is 14.9. The number of hydrogen-bond acceptors (Lipinski definition) is 3. The van der Waals surface area contributed by atoms with Crippen molar-refractivity contribution >= 4 is 38.9 Å². The molecule has 1 aromatic carbocycles. The SMILES string of the molecule is CCNCc1ccc(OCc2ccc(Br)s2)c(Cl)c1. The lowest BCUT2D eigenvalue weighted by molar-refractivity contribution is 0.310. The molecule has 1 heterocycles. The number of thiophene rings is 1. The second-order valence-corrected chi connectivity index (χ2v) is 6.99. The van der Waals surface area contributed by atoms with Gasteiger partial charge >= 0.3 is 0 Å². The lowest BCUT2D eigenvalue weighted by atomic mass is 10.2. The Morgan fingerprint density at radius 3 is 2.79 bits per heavy atom. The molecule has 0 unspecified atom stereocenters. The van der Waals surface area contributed by atoms with Crippen molar-refractivity contribution in [1.82, 2.24) is 5.32 Å².